The SMILES string of the molecule is Cn1nc(I)c2c1CCCC2.Ic1n[nH]c2c1CCCC2. The lowest BCUT2D eigenvalue weighted by atomic mass is 9.98. The van der Waals surface area contributed by atoms with E-state index in [0.29, 0.717) is 0 Å². The molecule has 2 heterocycles. The number of nitrogens with zero attached hydrogens (tertiary/aromatic N) is 3. The van der Waals surface area contributed by atoms with Crippen LogP contribution in [-0.4, -0.2) is 20.0 Å². The first-order valence-electron chi connectivity index (χ1n) is 7.58. The lowest BCUT2D eigenvalue weighted by Gasteiger charge is -2.11. The van der Waals surface area contributed by atoms with Crippen LogP contribution in [0.4, 0.5) is 0 Å². The van der Waals surface area contributed by atoms with Crippen molar-refractivity contribution >= 4 is 45.2 Å². The number of rotatable bonds is 0. The number of aromatic nitrogens is 4. The van der Waals surface area contributed by atoms with Crippen molar-refractivity contribution in [1.82, 2.24) is 20.0 Å². The summed E-state index contributed by atoms with van der Waals surface area (Å²) < 4.78 is 4.42. The van der Waals surface area contributed by atoms with Crippen molar-refractivity contribution < 1.29 is 0 Å². The average Bonchev–Trinajstić information content (AvgIpc) is 3.02. The van der Waals surface area contributed by atoms with Crippen LogP contribution >= 0.6 is 45.2 Å². The van der Waals surface area contributed by atoms with Crippen LogP contribution in [0.3, 0.4) is 0 Å². The van der Waals surface area contributed by atoms with Crippen molar-refractivity contribution in [3.05, 3.63) is 29.9 Å². The predicted molar refractivity (Wildman–Crippen MR) is 101 cm³/mol. The zero-order chi connectivity index (χ0) is 14.8. The normalized spacial score (nSPS) is 16.7. The van der Waals surface area contributed by atoms with E-state index in [4.69, 9.17) is 0 Å². The molecule has 0 amide bonds. The minimum Gasteiger partial charge on any atom is -0.281 e. The van der Waals surface area contributed by atoms with Gasteiger partial charge < -0.3 is 0 Å². The third-order valence-electron chi connectivity index (χ3n) is 4.32. The second-order valence-corrected chi connectivity index (χ2v) is 7.77. The largest absolute Gasteiger partial charge is 0.281 e. The van der Waals surface area contributed by atoms with E-state index in [-0.39, 0.29) is 0 Å². The molecule has 2 aliphatic carbocycles. The van der Waals surface area contributed by atoms with Crippen LogP contribution in [0.5, 0.6) is 0 Å². The number of halogens is 2. The summed E-state index contributed by atoms with van der Waals surface area (Å²) in [6, 6.07) is 0. The summed E-state index contributed by atoms with van der Waals surface area (Å²) in [5, 5.41) is 11.6. The van der Waals surface area contributed by atoms with Gasteiger partial charge in [-0.25, -0.2) is 0 Å². The summed E-state index contributed by atoms with van der Waals surface area (Å²) in [5.41, 5.74) is 5.79. The third-order valence-corrected chi connectivity index (χ3v) is 6.08. The number of fused-ring (bicyclic) bond motifs is 2. The molecule has 2 aliphatic rings. The van der Waals surface area contributed by atoms with E-state index >= 15 is 0 Å². The molecule has 2 aromatic rings. The standard InChI is InChI=1S/C8H11IN2.C7H9IN2/c1-11-7-5-3-2-4-6(7)8(9)10-11;8-7-5-3-1-2-4-6(5)9-10-7/h2-5H2,1H3;1-4H2,(H,9,10). The molecule has 114 valence electrons. The van der Waals surface area contributed by atoms with Crippen LogP contribution in [0.1, 0.15) is 48.2 Å². The van der Waals surface area contributed by atoms with E-state index in [1.54, 1.807) is 0 Å². The summed E-state index contributed by atoms with van der Waals surface area (Å²) in [4.78, 5) is 0. The molecule has 0 fully saturated rings. The number of hydrogen-bond donors (Lipinski definition) is 1. The Kier molecular flexibility index (Phi) is 5.23. The molecule has 0 spiro atoms. The van der Waals surface area contributed by atoms with Crippen LogP contribution in [0.15, 0.2) is 0 Å². The maximum absolute atomic E-state index is 4.40. The molecule has 0 saturated heterocycles. The van der Waals surface area contributed by atoms with Gasteiger partial charge in [-0.1, -0.05) is 0 Å². The van der Waals surface area contributed by atoms with Gasteiger partial charge in [-0.05, 0) is 96.5 Å². The highest BCUT2D eigenvalue weighted by Gasteiger charge is 2.17. The highest BCUT2D eigenvalue weighted by atomic mass is 127. The zero-order valence-corrected chi connectivity index (χ0v) is 16.6. The fraction of sp³-hybridized carbons (Fsp3) is 0.600. The van der Waals surface area contributed by atoms with Crippen molar-refractivity contribution in [1.29, 1.82) is 0 Å². The molecule has 0 aliphatic heterocycles. The number of aromatic amines is 1. The second kappa shape index (κ2) is 6.97. The first kappa shape index (κ1) is 15.8. The molecule has 0 radical (unpaired) electrons. The smallest absolute Gasteiger partial charge is 0.126 e. The van der Waals surface area contributed by atoms with Gasteiger partial charge in [0.2, 0.25) is 0 Å². The molecule has 4 nitrogen and oxygen atoms in total. The first-order chi connectivity index (χ1) is 10.2. The molecule has 0 bridgehead atoms. The van der Waals surface area contributed by atoms with E-state index < -0.39 is 0 Å². The summed E-state index contributed by atoms with van der Waals surface area (Å²) in [5.74, 6) is 0. The number of aryl methyl sites for hydroxylation is 2. The molecule has 0 unspecified atom stereocenters. The van der Waals surface area contributed by atoms with Crippen molar-refractivity contribution in [3.8, 4) is 0 Å². The average molecular weight is 510 g/mol. The molecular formula is C15H20I2N4. The Hall–Kier alpha value is -0.120. The molecule has 0 aromatic carbocycles. The topological polar surface area (TPSA) is 46.5 Å². The van der Waals surface area contributed by atoms with Gasteiger partial charge in [0.05, 0.1) is 0 Å². The van der Waals surface area contributed by atoms with Gasteiger partial charge in [0.25, 0.3) is 0 Å². The Labute approximate surface area is 152 Å². The van der Waals surface area contributed by atoms with E-state index in [2.05, 4.69) is 60.5 Å². The highest BCUT2D eigenvalue weighted by Crippen LogP contribution is 2.24. The van der Waals surface area contributed by atoms with Crippen molar-refractivity contribution in [2.24, 2.45) is 7.05 Å². The minimum atomic E-state index is 1.17. The van der Waals surface area contributed by atoms with Crippen molar-refractivity contribution in [2.75, 3.05) is 0 Å². The summed E-state index contributed by atoms with van der Waals surface area (Å²) >= 11 is 4.63. The van der Waals surface area contributed by atoms with E-state index in [9.17, 15) is 0 Å². The number of nitrogens with one attached hydrogen (secondary N) is 1. The van der Waals surface area contributed by atoms with Gasteiger partial charge in [0.15, 0.2) is 0 Å². The minimum absolute atomic E-state index is 1.17. The van der Waals surface area contributed by atoms with Gasteiger partial charge in [0, 0.05) is 29.6 Å². The number of hydrogen-bond acceptors (Lipinski definition) is 2. The molecule has 1 N–H and O–H groups in total. The molecule has 0 saturated carbocycles. The van der Waals surface area contributed by atoms with Gasteiger partial charge >= 0.3 is 0 Å². The summed E-state index contributed by atoms with van der Waals surface area (Å²) in [6.45, 7) is 0. The van der Waals surface area contributed by atoms with Crippen LogP contribution in [-0.2, 0) is 32.7 Å². The van der Waals surface area contributed by atoms with E-state index in [1.165, 1.54) is 81.3 Å². The third kappa shape index (κ3) is 3.46. The van der Waals surface area contributed by atoms with Crippen molar-refractivity contribution in [2.45, 2.75) is 51.4 Å². The first-order valence-corrected chi connectivity index (χ1v) is 9.74. The van der Waals surface area contributed by atoms with Crippen LogP contribution < -0.4 is 0 Å². The van der Waals surface area contributed by atoms with Gasteiger partial charge in [0.1, 0.15) is 7.40 Å². The summed E-state index contributed by atoms with van der Waals surface area (Å²) in [6.07, 6.45) is 10.2. The Bertz CT molecular complexity index is 603. The predicted octanol–water partition coefficient (Wildman–Crippen LogP) is 3.80. The Morgan fingerprint density at radius 3 is 2.29 bits per heavy atom. The van der Waals surface area contributed by atoms with E-state index in [0.717, 1.165) is 0 Å². The molecule has 4 rings (SSSR count). The second-order valence-electron chi connectivity index (χ2n) is 5.73. The molecule has 21 heavy (non-hydrogen) atoms. The number of H-pyrrole nitrogens is 1. The molecule has 2 aromatic heterocycles. The molecular weight excluding hydrogens is 490 g/mol. The van der Waals surface area contributed by atoms with Gasteiger partial charge in [-0.2, -0.15) is 10.2 Å². The van der Waals surface area contributed by atoms with Gasteiger partial charge in [-0.3, -0.25) is 9.78 Å². The van der Waals surface area contributed by atoms with Crippen LogP contribution in [0.25, 0.3) is 0 Å². The monoisotopic (exact) mass is 510 g/mol. The fourth-order valence-corrected chi connectivity index (χ4v) is 4.78. The Balaban J connectivity index is 0.000000126. The quantitative estimate of drug-likeness (QED) is 0.549. The summed E-state index contributed by atoms with van der Waals surface area (Å²) in [7, 11) is 2.05. The zero-order valence-electron chi connectivity index (χ0n) is 12.3. The van der Waals surface area contributed by atoms with Crippen LogP contribution in [0, 0.1) is 7.40 Å². The lowest BCUT2D eigenvalue weighted by Crippen LogP contribution is -2.05. The lowest BCUT2D eigenvalue weighted by molar-refractivity contribution is 0.626. The van der Waals surface area contributed by atoms with Gasteiger partial charge in [-0.15, -0.1) is 0 Å². The fourth-order valence-electron chi connectivity index (χ4n) is 3.16. The van der Waals surface area contributed by atoms with Crippen molar-refractivity contribution in [3.63, 3.8) is 0 Å². The Morgan fingerprint density at radius 2 is 1.57 bits per heavy atom. The molecule has 6 heteroatoms. The van der Waals surface area contributed by atoms with E-state index in [1.807, 2.05) is 11.7 Å². The maximum atomic E-state index is 4.40. The Morgan fingerprint density at radius 1 is 0.905 bits per heavy atom. The van der Waals surface area contributed by atoms with Crippen LogP contribution in [0.2, 0.25) is 0 Å². The molecule has 0 atom stereocenters. The highest BCUT2D eigenvalue weighted by molar-refractivity contribution is 14.1. The maximum Gasteiger partial charge on any atom is 0.126 e.